The number of methoxy groups -OCH3 is 1. The van der Waals surface area contributed by atoms with Gasteiger partial charge in [0.2, 0.25) is 0 Å². The van der Waals surface area contributed by atoms with Crippen LogP contribution in [0.2, 0.25) is 0 Å². The first-order valence-corrected chi connectivity index (χ1v) is 7.70. The van der Waals surface area contributed by atoms with Crippen LogP contribution in [0, 0.1) is 0 Å². The minimum Gasteiger partial charge on any atom is -0.491 e. The fourth-order valence-electron chi connectivity index (χ4n) is 2.14. The fourth-order valence-corrected chi connectivity index (χ4v) is 2.40. The molecule has 0 fully saturated rings. The summed E-state index contributed by atoms with van der Waals surface area (Å²) < 4.78 is 11.8. The number of nitrogens with two attached hydrogens (primary N) is 1. The third-order valence-electron chi connectivity index (χ3n) is 3.23. The van der Waals surface area contributed by atoms with Crippen molar-refractivity contribution in [1.82, 2.24) is 0 Å². The minimum absolute atomic E-state index is 0.0927. The van der Waals surface area contributed by atoms with Crippen LogP contribution < -0.4 is 10.5 Å². The van der Waals surface area contributed by atoms with Gasteiger partial charge in [-0.3, -0.25) is 0 Å². The highest BCUT2D eigenvalue weighted by Crippen LogP contribution is 2.26. The summed E-state index contributed by atoms with van der Waals surface area (Å²) in [7, 11) is 1.66. The van der Waals surface area contributed by atoms with E-state index in [9.17, 15) is 0 Å². The van der Waals surface area contributed by atoms with Crippen molar-refractivity contribution in [1.29, 1.82) is 0 Å². The maximum absolute atomic E-state index is 6.35. The molecule has 3 nitrogen and oxygen atoms in total. The molecule has 0 saturated heterocycles. The monoisotopic (exact) mass is 349 g/mol. The van der Waals surface area contributed by atoms with Crippen molar-refractivity contribution in [3.05, 3.63) is 64.1 Å². The summed E-state index contributed by atoms with van der Waals surface area (Å²) in [5.41, 5.74) is 8.58. The number of para-hydroxylation sites is 1. The van der Waals surface area contributed by atoms with Crippen molar-refractivity contribution in [2.24, 2.45) is 5.73 Å². The standard InChI is InChI=1S/C17H20BrNO2/c1-20-10-11-21-17-5-3-2-4-15(17)16(19)12-13-6-8-14(18)9-7-13/h2-9,16H,10-12,19H2,1H3. The zero-order valence-electron chi connectivity index (χ0n) is 12.1. The molecule has 0 spiro atoms. The summed E-state index contributed by atoms with van der Waals surface area (Å²) >= 11 is 3.44. The molecule has 2 aromatic carbocycles. The molecule has 0 aromatic heterocycles. The van der Waals surface area contributed by atoms with E-state index in [2.05, 4.69) is 28.1 Å². The second kappa shape index (κ2) is 8.17. The lowest BCUT2D eigenvalue weighted by Gasteiger charge is -2.17. The number of halogens is 1. The predicted octanol–water partition coefficient (Wildman–Crippen LogP) is 3.72. The van der Waals surface area contributed by atoms with E-state index in [1.807, 2.05) is 36.4 Å². The average molecular weight is 350 g/mol. The number of hydrogen-bond donors (Lipinski definition) is 1. The number of hydrogen-bond acceptors (Lipinski definition) is 3. The molecule has 4 heteroatoms. The maximum atomic E-state index is 6.35. The number of ether oxygens (including phenoxy) is 2. The quantitative estimate of drug-likeness (QED) is 0.774. The zero-order chi connectivity index (χ0) is 15.1. The molecule has 2 aromatic rings. The van der Waals surface area contributed by atoms with Gasteiger partial charge in [0.15, 0.2) is 0 Å². The summed E-state index contributed by atoms with van der Waals surface area (Å²) in [5, 5.41) is 0. The van der Waals surface area contributed by atoms with Crippen LogP contribution in [-0.4, -0.2) is 20.3 Å². The first-order valence-electron chi connectivity index (χ1n) is 6.91. The van der Waals surface area contributed by atoms with E-state index < -0.39 is 0 Å². The number of rotatable bonds is 7. The molecule has 0 amide bonds. The molecule has 0 aliphatic carbocycles. The van der Waals surface area contributed by atoms with E-state index in [-0.39, 0.29) is 6.04 Å². The van der Waals surface area contributed by atoms with Crippen molar-refractivity contribution in [3.8, 4) is 5.75 Å². The Labute approximate surface area is 134 Å². The first kappa shape index (κ1) is 16.0. The molecule has 1 atom stereocenters. The van der Waals surface area contributed by atoms with Gasteiger partial charge in [-0.1, -0.05) is 46.3 Å². The van der Waals surface area contributed by atoms with Gasteiger partial charge in [0.05, 0.1) is 6.61 Å². The molecule has 112 valence electrons. The summed E-state index contributed by atoms with van der Waals surface area (Å²) in [6, 6.07) is 16.0. The first-order chi connectivity index (χ1) is 10.2. The second-order valence-electron chi connectivity index (χ2n) is 4.82. The van der Waals surface area contributed by atoms with Crippen molar-refractivity contribution < 1.29 is 9.47 Å². The lowest BCUT2D eigenvalue weighted by Crippen LogP contribution is -2.15. The van der Waals surface area contributed by atoms with Gasteiger partial charge in [0.1, 0.15) is 12.4 Å². The highest BCUT2D eigenvalue weighted by molar-refractivity contribution is 9.10. The highest BCUT2D eigenvalue weighted by Gasteiger charge is 2.12. The largest absolute Gasteiger partial charge is 0.491 e. The van der Waals surface area contributed by atoms with Crippen molar-refractivity contribution >= 4 is 15.9 Å². The van der Waals surface area contributed by atoms with E-state index in [1.54, 1.807) is 7.11 Å². The SMILES string of the molecule is COCCOc1ccccc1C(N)Cc1ccc(Br)cc1. The molecule has 0 bridgehead atoms. The van der Waals surface area contributed by atoms with Gasteiger partial charge in [-0.2, -0.15) is 0 Å². The number of benzene rings is 2. The summed E-state index contributed by atoms with van der Waals surface area (Å²) in [4.78, 5) is 0. The third-order valence-corrected chi connectivity index (χ3v) is 3.76. The Bertz CT molecular complexity index is 557. The van der Waals surface area contributed by atoms with E-state index >= 15 is 0 Å². The Morgan fingerprint density at radius 1 is 1.05 bits per heavy atom. The Kier molecular flexibility index (Phi) is 6.23. The Morgan fingerprint density at radius 3 is 2.48 bits per heavy atom. The zero-order valence-corrected chi connectivity index (χ0v) is 13.7. The lowest BCUT2D eigenvalue weighted by molar-refractivity contribution is 0.145. The third kappa shape index (κ3) is 4.84. The molecule has 0 aliphatic rings. The van der Waals surface area contributed by atoms with Gasteiger partial charge in [0, 0.05) is 23.2 Å². The van der Waals surface area contributed by atoms with Crippen LogP contribution in [0.3, 0.4) is 0 Å². The van der Waals surface area contributed by atoms with E-state index in [4.69, 9.17) is 15.2 Å². The van der Waals surface area contributed by atoms with Crippen LogP contribution in [-0.2, 0) is 11.2 Å². The van der Waals surface area contributed by atoms with Crippen molar-refractivity contribution in [2.75, 3.05) is 20.3 Å². The van der Waals surface area contributed by atoms with Gasteiger partial charge in [0.25, 0.3) is 0 Å². The van der Waals surface area contributed by atoms with Crippen LogP contribution in [0.1, 0.15) is 17.2 Å². The van der Waals surface area contributed by atoms with Gasteiger partial charge in [-0.15, -0.1) is 0 Å². The van der Waals surface area contributed by atoms with Crippen LogP contribution >= 0.6 is 15.9 Å². The highest BCUT2D eigenvalue weighted by atomic mass is 79.9. The molecular formula is C17H20BrNO2. The Balaban J connectivity index is 2.07. The van der Waals surface area contributed by atoms with Crippen molar-refractivity contribution in [3.63, 3.8) is 0 Å². The fraction of sp³-hybridized carbons (Fsp3) is 0.294. The summed E-state index contributed by atoms with van der Waals surface area (Å²) in [6.07, 6.45) is 0.776. The van der Waals surface area contributed by atoms with Gasteiger partial charge in [-0.25, -0.2) is 0 Å². The molecule has 21 heavy (non-hydrogen) atoms. The molecule has 0 aliphatic heterocycles. The van der Waals surface area contributed by atoms with Crippen LogP contribution in [0.5, 0.6) is 5.75 Å². The Hall–Kier alpha value is -1.36. The van der Waals surface area contributed by atoms with Gasteiger partial charge < -0.3 is 15.2 Å². The average Bonchev–Trinajstić information content (AvgIpc) is 2.50. The van der Waals surface area contributed by atoms with E-state index in [0.29, 0.717) is 13.2 Å². The van der Waals surface area contributed by atoms with Gasteiger partial charge in [-0.05, 0) is 30.2 Å². The summed E-state index contributed by atoms with van der Waals surface area (Å²) in [5.74, 6) is 0.833. The van der Waals surface area contributed by atoms with E-state index in [0.717, 1.165) is 22.2 Å². The molecule has 2 N–H and O–H groups in total. The normalized spacial score (nSPS) is 12.1. The van der Waals surface area contributed by atoms with Crippen LogP contribution in [0.4, 0.5) is 0 Å². The van der Waals surface area contributed by atoms with Crippen LogP contribution in [0.15, 0.2) is 53.0 Å². The second-order valence-corrected chi connectivity index (χ2v) is 5.73. The maximum Gasteiger partial charge on any atom is 0.124 e. The topological polar surface area (TPSA) is 44.5 Å². The van der Waals surface area contributed by atoms with Crippen molar-refractivity contribution in [2.45, 2.75) is 12.5 Å². The Morgan fingerprint density at radius 2 is 1.76 bits per heavy atom. The van der Waals surface area contributed by atoms with E-state index in [1.165, 1.54) is 5.56 Å². The molecular weight excluding hydrogens is 330 g/mol. The molecule has 1 unspecified atom stereocenters. The molecule has 0 saturated carbocycles. The molecule has 0 radical (unpaired) electrons. The smallest absolute Gasteiger partial charge is 0.124 e. The summed E-state index contributed by atoms with van der Waals surface area (Å²) in [6.45, 7) is 1.09. The van der Waals surface area contributed by atoms with Gasteiger partial charge >= 0.3 is 0 Å². The lowest BCUT2D eigenvalue weighted by atomic mass is 9.99. The minimum atomic E-state index is -0.0927. The predicted molar refractivity (Wildman–Crippen MR) is 88.6 cm³/mol. The molecule has 0 heterocycles. The van der Waals surface area contributed by atoms with Crippen LogP contribution in [0.25, 0.3) is 0 Å². The molecule has 2 rings (SSSR count).